The Kier molecular flexibility index (Phi) is 1.65. The molecule has 2 aliphatic rings. The molecule has 0 bridgehead atoms. The third-order valence-corrected chi connectivity index (χ3v) is 2.59. The maximum absolute atomic E-state index is 13.3. The first-order valence-electron chi connectivity index (χ1n) is 4.18. The van der Waals surface area contributed by atoms with Gasteiger partial charge in [0.1, 0.15) is 5.67 Å². The van der Waals surface area contributed by atoms with Gasteiger partial charge in [0.15, 0.2) is 0 Å². The lowest BCUT2D eigenvalue weighted by atomic mass is 10.1. The van der Waals surface area contributed by atoms with Gasteiger partial charge in [-0.05, 0) is 13.3 Å². The molecule has 3 heteroatoms. The fraction of sp³-hybridized carbons (Fsp3) is 1.00. The van der Waals surface area contributed by atoms with E-state index in [0.717, 1.165) is 19.8 Å². The van der Waals surface area contributed by atoms with Crippen LogP contribution in [0.15, 0.2) is 0 Å². The zero-order valence-electron chi connectivity index (χ0n) is 6.85. The molecule has 11 heavy (non-hydrogen) atoms. The van der Waals surface area contributed by atoms with Crippen LogP contribution in [0.3, 0.4) is 0 Å². The van der Waals surface area contributed by atoms with Gasteiger partial charge in [-0.3, -0.25) is 4.90 Å². The molecule has 0 aromatic rings. The summed E-state index contributed by atoms with van der Waals surface area (Å²) in [6, 6.07) is 0.507. The lowest BCUT2D eigenvalue weighted by Crippen LogP contribution is -2.48. The Hall–Kier alpha value is -0.150. The highest BCUT2D eigenvalue weighted by Gasteiger charge is 2.38. The van der Waals surface area contributed by atoms with Crippen molar-refractivity contribution in [3.05, 3.63) is 0 Å². The van der Waals surface area contributed by atoms with Crippen LogP contribution in [0.4, 0.5) is 4.39 Å². The second-order valence-electron chi connectivity index (χ2n) is 3.83. The minimum Gasteiger partial charge on any atom is -0.378 e. The molecule has 0 radical (unpaired) electrons. The number of nitrogens with zero attached hydrogens (tertiary/aromatic N) is 1. The fourth-order valence-electron chi connectivity index (χ4n) is 1.70. The number of halogens is 1. The van der Waals surface area contributed by atoms with Crippen molar-refractivity contribution in [3.63, 3.8) is 0 Å². The van der Waals surface area contributed by atoms with E-state index in [1.807, 2.05) is 0 Å². The maximum Gasteiger partial charge on any atom is 0.122 e. The largest absolute Gasteiger partial charge is 0.378 e. The molecule has 2 fully saturated rings. The van der Waals surface area contributed by atoms with E-state index in [0.29, 0.717) is 19.0 Å². The summed E-state index contributed by atoms with van der Waals surface area (Å²) in [5.74, 6) is 0. The van der Waals surface area contributed by atoms with Gasteiger partial charge in [0.2, 0.25) is 0 Å². The van der Waals surface area contributed by atoms with Crippen molar-refractivity contribution >= 4 is 0 Å². The van der Waals surface area contributed by atoms with Gasteiger partial charge in [-0.25, -0.2) is 4.39 Å². The molecule has 2 aliphatic heterocycles. The number of rotatable bonds is 1. The highest BCUT2D eigenvalue weighted by Crippen LogP contribution is 2.27. The van der Waals surface area contributed by atoms with Crippen LogP contribution < -0.4 is 0 Å². The van der Waals surface area contributed by atoms with E-state index < -0.39 is 5.67 Å². The monoisotopic (exact) mass is 159 g/mol. The first-order valence-corrected chi connectivity index (χ1v) is 4.18. The Morgan fingerprint density at radius 1 is 1.55 bits per heavy atom. The van der Waals surface area contributed by atoms with E-state index in [1.54, 1.807) is 6.92 Å². The predicted molar refractivity (Wildman–Crippen MR) is 40.3 cm³/mol. The van der Waals surface area contributed by atoms with Gasteiger partial charge in [-0.1, -0.05) is 0 Å². The summed E-state index contributed by atoms with van der Waals surface area (Å²) in [6.07, 6.45) is 0.684. The molecule has 64 valence electrons. The van der Waals surface area contributed by atoms with Crippen LogP contribution in [0.1, 0.15) is 13.3 Å². The highest BCUT2D eigenvalue weighted by atomic mass is 19.1. The molecule has 0 saturated carbocycles. The summed E-state index contributed by atoms with van der Waals surface area (Å²) < 4.78 is 18.4. The molecule has 0 aromatic heterocycles. The molecule has 0 aromatic carbocycles. The van der Waals surface area contributed by atoms with Crippen molar-refractivity contribution in [2.75, 3.05) is 26.3 Å². The number of ether oxygens (including phenoxy) is 1. The van der Waals surface area contributed by atoms with Crippen LogP contribution in [0.5, 0.6) is 0 Å². The average Bonchev–Trinajstić information content (AvgIpc) is 2.05. The van der Waals surface area contributed by atoms with Crippen LogP contribution in [-0.4, -0.2) is 42.9 Å². The second-order valence-corrected chi connectivity index (χ2v) is 3.83. The summed E-state index contributed by atoms with van der Waals surface area (Å²) in [5, 5.41) is 0. The van der Waals surface area contributed by atoms with Crippen molar-refractivity contribution in [2.24, 2.45) is 0 Å². The SMILES string of the molecule is CC1(F)CCN(C2COC2)C1. The van der Waals surface area contributed by atoms with Gasteiger partial charge in [0, 0.05) is 13.1 Å². The van der Waals surface area contributed by atoms with Crippen molar-refractivity contribution in [3.8, 4) is 0 Å². The smallest absolute Gasteiger partial charge is 0.122 e. The molecular weight excluding hydrogens is 145 g/mol. The quantitative estimate of drug-likeness (QED) is 0.561. The van der Waals surface area contributed by atoms with E-state index >= 15 is 0 Å². The Morgan fingerprint density at radius 2 is 2.27 bits per heavy atom. The standard InChI is InChI=1S/C8H14FNO/c1-8(9)2-3-10(6-8)7-4-11-5-7/h7H,2-6H2,1H3. The number of hydrogen-bond acceptors (Lipinski definition) is 2. The Morgan fingerprint density at radius 3 is 2.64 bits per heavy atom. The van der Waals surface area contributed by atoms with Gasteiger partial charge in [0.25, 0.3) is 0 Å². The Balaban J connectivity index is 1.88. The van der Waals surface area contributed by atoms with Crippen LogP contribution in [-0.2, 0) is 4.74 Å². The number of hydrogen-bond donors (Lipinski definition) is 0. The Bertz CT molecular complexity index is 156. The molecule has 1 atom stereocenters. The highest BCUT2D eigenvalue weighted by molar-refractivity contribution is 4.91. The first-order chi connectivity index (χ1) is 5.17. The van der Waals surface area contributed by atoms with Crippen molar-refractivity contribution in [1.82, 2.24) is 4.90 Å². The van der Waals surface area contributed by atoms with E-state index in [2.05, 4.69) is 4.90 Å². The second kappa shape index (κ2) is 2.42. The molecular formula is C8H14FNO. The molecule has 0 amide bonds. The van der Waals surface area contributed by atoms with Gasteiger partial charge >= 0.3 is 0 Å². The molecule has 2 nitrogen and oxygen atoms in total. The lowest BCUT2D eigenvalue weighted by Gasteiger charge is -2.34. The third-order valence-electron chi connectivity index (χ3n) is 2.59. The van der Waals surface area contributed by atoms with Crippen LogP contribution in [0, 0.1) is 0 Å². The van der Waals surface area contributed by atoms with Crippen molar-refractivity contribution in [2.45, 2.75) is 25.1 Å². The van der Waals surface area contributed by atoms with E-state index in [1.165, 1.54) is 0 Å². The molecule has 2 rings (SSSR count). The van der Waals surface area contributed by atoms with Gasteiger partial charge < -0.3 is 4.74 Å². The van der Waals surface area contributed by atoms with E-state index in [9.17, 15) is 4.39 Å². The summed E-state index contributed by atoms with van der Waals surface area (Å²) in [6.45, 7) is 4.79. The molecule has 0 spiro atoms. The molecule has 2 heterocycles. The summed E-state index contributed by atoms with van der Waals surface area (Å²) in [5.41, 5.74) is -0.949. The van der Waals surface area contributed by atoms with Crippen LogP contribution >= 0.6 is 0 Å². The van der Waals surface area contributed by atoms with Gasteiger partial charge in [0.05, 0.1) is 19.3 Å². The summed E-state index contributed by atoms with van der Waals surface area (Å²) in [4.78, 5) is 2.20. The minimum atomic E-state index is -0.949. The van der Waals surface area contributed by atoms with Crippen LogP contribution in [0.2, 0.25) is 0 Å². The normalized spacial score (nSPS) is 40.9. The zero-order chi connectivity index (χ0) is 7.90. The van der Waals surface area contributed by atoms with Crippen molar-refractivity contribution in [1.29, 1.82) is 0 Å². The zero-order valence-corrected chi connectivity index (χ0v) is 6.85. The van der Waals surface area contributed by atoms with Gasteiger partial charge in [-0.2, -0.15) is 0 Å². The lowest BCUT2D eigenvalue weighted by molar-refractivity contribution is -0.0606. The molecule has 2 saturated heterocycles. The molecule has 0 aliphatic carbocycles. The molecule has 0 N–H and O–H groups in total. The van der Waals surface area contributed by atoms with E-state index in [4.69, 9.17) is 4.74 Å². The van der Waals surface area contributed by atoms with Gasteiger partial charge in [-0.15, -0.1) is 0 Å². The summed E-state index contributed by atoms with van der Waals surface area (Å²) >= 11 is 0. The number of alkyl halides is 1. The predicted octanol–water partition coefficient (Wildman–Crippen LogP) is 0.819. The average molecular weight is 159 g/mol. The molecule has 1 unspecified atom stereocenters. The first kappa shape index (κ1) is 7.50. The number of likely N-dealkylation sites (tertiary alicyclic amines) is 1. The summed E-state index contributed by atoms with van der Waals surface area (Å²) in [7, 11) is 0. The topological polar surface area (TPSA) is 12.5 Å². The third kappa shape index (κ3) is 1.40. The van der Waals surface area contributed by atoms with E-state index in [-0.39, 0.29) is 0 Å². The minimum absolute atomic E-state index is 0.507. The van der Waals surface area contributed by atoms with Crippen LogP contribution in [0.25, 0.3) is 0 Å². The Labute approximate surface area is 66.3 Å². The fourth-order valence-corrected chi connectivity index (χ4v) is 1.70. The van der Waals surface area contributed by atoms with Crippen molar-refractivity contribution < 1.29 is 9.13 Å². The maximum atomic E-state index is 13.3.